The molecule has 3 rings (SSSR count). The van der Waals surface area contributed by atoms with E-state index in [0.29, 0.717) is 11.6 Å². The third-order valence-electron chi connectivity index (χ3n) is 3.48. The summed E-state index contributed by atoms with van der Waals surface area (Å²) in [6.07, 6.45) is 3.25. The average Bonchev–Trinajstić information content (AvgIpc) is 2.62. The number of benzene rings is 1. The number of nitrogens with zero attached hydrogens (tertiary/aromatic N) is 5. The summed E-state index contributed by atoms with van der Waals surface area (Å²) < 4.78 is 14.2. The van der Waals surface area contributed by atoms with Crippen LogP contribution in [0.25, 0.3) is 11.4 Å². The minimum Gasteiger partial charge on any atom is -0.361 e. The Balaban J connectivity index is 2.19. The van der Waals surface area contributed by atoms with Crippen LogP contribution in [0.3, 0.4) is 0 Å². The summed E-state index contributed by atoms with van der Waals surface area (Å²) in [5.74, 6) is 0.502. The maximum absolute atomic E-state index is 14.2. The Hall–Kier alpha value is -3.53. The van der Waals surface area contributed by atoms with Crippen molar-refractivity contribution in [3.05, 3.63) is 60.2 Å². The van der Waals surface area contributed by atoms with Gasteiger partial charge < -0.3 is 10.2 Å². The van der Waals surface area contributed by atoms with E-state index in [9.17, 15) is 9.65 Å². The van der Waals surface area contributed by atoms with Gasteiger partial charge in [-0.1, -0.05) is 12.1 Å². The summed E-state index contributed by atoms with van der Waals surface area (Å²) in [4.78, 5) is 14.4. The molecule has 124 valence electrons. The van der Waals surface area contributed by atoms with Crippen LogP contribution < -0.4 is 10.2 Å². The fourth-order valence-corrected chi connectivity index (χ4v) is 2.30. The minimum atomic E-state index is -0.424. The second-order valence-corrected chi connectivity index (χ2v) is 5.44. The Bertz CT molecular complexity index is 934. The van der Waals surface area contributed by atoms with E-state index in [4.69, 9.17) is 0 Å². The van der Waals surface area contributed by atoms with Gasteiger partial charge >= 0.3 is 0 Å². The van der Waals surface area contributed by atoms with Gasteiger partial charge in [0.25, 0.3) is 0 Å². The third-order valence-corrected chi connectivity index (χ3v) is 3.48. The van der Waals surface area contributed by atoms with Crippen LogP contribution in [0.4, 0.5) is 21.7 Å². The molecule has 0 spiro atoms. The number of nitriles is 1. The number of halogens is 1. The Kier molecular flexibility index (Phi) is 4.53. The summed E-state index contributed by atoms with van der Waals surface area (Å²) in [6, 6.07) is 11.9. The number of hydrogen-bond donors (Lipinski definition) is 1. The van der Waals surface area contributed by atoms with Gasteiger partial charge in [0.1, 0.15) is 17.4 Å². The highest BCUT2D eigenvalue weighted by atomic mass is 19.1. The summed E-state index contributed by atoms with van der Waals surface area (Å²) in [7, 11) is 3.54. The van der Waals surface area contributed by atoms with Gasteiger partial charge in [0, 0.05) is 32.2 Å². The molecule has 0 aliphatic carbocycles. The zero-order valence-corrected chi connectivity index (χ0v) is 13.7. The topological polar surface area (TPSA) is 77.7 Å². The molecular formula is C18H15FN6. The van der Waals surface area contributed by atoms with Gasteiger partial charge in [-0.15, -0.1) is 0 Å². The van der Waals surface area contributed by atoms with Crippen molar-refractivity contribution in [3.8, 4) is 17.5 Å². The molecule has 1 N–H and O–H groups in total. The molecule has 0 saturated carbocycles. The van der Waals surface area contributed by atoms with Crippen LogP contribution in [-0.2, 0) is 0 Å². The Morgan fingerprint density at radius 1 is 1.08 bits per heavy atom. The second-order valence-electron chi connectivity index (χ2n) is 5.44. The molecule has 7 heteroatoms. The first-order valence-electron chi connectivity index (χ1n) is 7.51. The molecule has 0 bridgehead atoms. The number of pyridine rings is 1. The van der Waals surface area contributed by atoms with Gasteiger partial charge in [-0.2, -0.15) is 5.26 Å². The van der Waals surface area contributed by atoms with Gasteiger partial charge in [-0.05, 0) is 24.3 Å². The van der Waals surface area contributed by atoms with E-state index in [1.165, 1.54) is 6.07 Å². The van der Waals surface area contributed by atoms with Crippen molar-refractivity contribution in [2.45, 2.75) is 0 Å². The van der Waals surface area contributed by atoms with Gasteiger partial charge in [0.15, 0.2) is 17.5 Å². The molecule has 0 saturated heterocycles. The van der Waals surface area contributed by atoms with E-state index in [-0.39, 0.29) is 17.0 Å². The molecule has 0 aliphatic rings. The Morgan fingerprint density at radius 3 is 2.44 bits per heavy atom. The molecule has 3 aromatic rings. The maximum atomic E-state index is 14.2. The van der Waals surface area contributed by atoms with Crippen molar-refractivity contribution in [1.82, 2.24) is 15.0 Å². The van der Waals surface area contributed by atoms with E-state index in [0.717, 1.165) is 5.69 Å². The normalized spacial score (nSPS) is 10.2. The van der Waals surface area contributed by atoms with E-state index in [1.54, 1.807) is 61.7 Å². The molecule has 0 atom stereocenters. The lowest BCUT2D eigenvalue weighted by Crippen LogP contribution is -2.15. The van der Waals surface area contributed by atoms with Crippen LogP contribution >= 0.6 is 0 Å². The number of anilines is 3. The van der Waals surface area contributed by atoms with Gasteiger partial charge in [-0.25, -0.2) is 14.4 Å². The largest absolute Gasteiger partial charge is 0.361 e. The van der Waals surface area contributed by atoms with Crippen LogP contribution in [0, 0.1) is 17.1 Å². The number of aromatic nitrogens is 3. The van der Waals surface area contributed by atoms with Crippen molar-refractivity contribution < 1.29 is 4.39 Å². The quantitative estimate of drug-likeness (QED) is 0.788. The minimum absolute atomic E-state index is 0.206. The molecule has 2 aromatic heterocycles. The first kappa shape index (κ1) is 16.3. The number of hydrogen-bond acceptors (Lipinski definition) is 6. The van der Waals surface area contributed by atoms with Crippen molar-refractivity contribution in [2.24, 2.45) is 0 Å². The van der Waals surface area contributed by atoms with E-state index >= 15 is 0 Å². The SMILES string of the molecule is CN(C)c1nc(-c2ccccc2F)nc(Nc2ccncc2)c1C#N. The number of rotatable bonds is 4. The van der Waals surface area contributed by atoms with Crippen molar-refractivity contribution in [3.63, 3.8) is 0 Å². The number of nitrogens with one attached hydrogen (secondary N) is 1. The first-order chi connectivity index (χ1) is 12.1. The summed E-state index contributed by atoms with van der Waals surface area (Å²) in [6.45, 7) is 0. The molecule has 0 fully saturated rings. The van der Waals surface area contributed by atoms with Gasteiger partial charge in [0.2, 0.25) is 0 Å². The summed E-state index contributed by atoms with van der Waals surface area (Å²) in [5.41, 5.74) is 1.27. The molecule has 6 nitrogen and oxygen atoms in total. The molecule has 2 heterocycles. The van der Waals surface area contributed by atoms with E-state index in [2.05, 4.69) is 26.3 Å². The van der Waals surface area contributed by atoms with Crippen molar-refractivity contribution >= 4 is 17.3 Å². The lowest BCUT2D eigenvalue weighted by Gasteiger charge is -2.17. The highest BCUT2D eigenvalue weighted by molar-refractivity contribution is 5.73. The lowest BCUT2D eigenvalue weighted by atomic mass is 10.2. The fourth-order valence-electron chi connectivity index (χ4n) is 2.30. The molecule has 0 amide bonds. The van der Waals surface area contributed by atoms with E-state index < -0.39 is 5.82 Å². The van der Waals surface area contributed by atoms with Crippen LogP contribution in [0.15, 0.2) is 48.8 Å². The smallest absolute Gasteiger partial charge is 0.166 e. The van der Waals surface area contributed by atoms with Crippen LogP contribution in [0.5, 0.6) is 0 Å². The monoisotopic (exact) mass is 334 g/mol. The Labute approximate surface area is 144 Å². The molecular weight excluding hydrogens is 319 g/mol. The third kappa shape index (κ3) is 3.38. The second kappa shape index (κ2) is 6.93. The van der Waals surface area contributed by atoms with Crippen LogP contribution in [0.2, 0.25) is 0 Å². The first-order valence-corrected chi connectivity index (χ1v) is 7.51. The van der Waals surface area contributed by atoms with Gasteiger partial charge in [0.05, 0.1) is 5.56 Å². The molecule has 0 unspecified atom stereocenters. The standard InChI is InChI=1S/C18H15FN6/c1-25(2)18-14(11-20)17(22-12-7-9-21-10-8-12)23-16(24-18)13-5-3-4-6-15(13)19/h3-10H,1-2H3,(H,21,22,23,24). The fraction of sp³-hybridized carbons (Fsp3) is 0.111. The van der Waals surface area contributed by atoms with Crippen LogP contribution in [0.1, 0.15) is 5.56 Å². The van der Waals surface area contributed by atoms with Crippen LogP contribution in [-0.4, -0.2) is 29.0 Å². The van der Waals surface area contributed by atoms with Gasteiger partial charge in [-0.3, -0.25) is 4.98 Å². The summed E-state index contributed by atoms with van der Waals surface area (Å²) in [5, 5.41) is 12.6. The molecule has 1 aromatic carbocycles. The van der Waals surface area contributed by atoms with Crippen molar-refractivity contribution in [1.29, 1.82) is 5.26 Å². The lowest BCUT2D eigenvalue weighted by molar-refractivity contribution is 0.630. The predicted molar refractivity (Wildman–Crippen MR) is 94.0 cm³/mol. The highest BCUT2D eigenvalue weighted by Gasteiger charge is 2.18. The molecule has 0 radical (unpaired) electrons. The Morgan fingerprint density at radius 2 is 1.80 bits per heavy atom. The summed E-state index contributed by atoms with van der Waals surface area (Å²) >= 11 is 0. The molecule has 0 aliphatic heterocycles. The average molecular weight is 334 g/mol. The predicted octanol–water partition coefficient (Wildman–Crippen LogP) is 3.36. The zero-order valence-electron chi connectivity index (χ0n) is 13.7. The maximum Gasteiger partial charge on any atom is 0.166 e. The zero-order chi connectivity index (χ0) is 17.8. The highest BCUT2D eigenvalue weighted by Crippen LogP contribution is 2.29. The molecule has 25 heavy (non-hydrogen) atoms. The van der Waals surface area contributed by atoms with Crippen molar-refractivity contribution in [2.75, 3.05) is 24.3 Å². The van der Waals surface area contributed by atoms with E-state index in [1.807, 2.05) is 0 Å².